The van der Waals surface area contributed by atoms with E-state index in [1.165, 1.54) is 48.5 Å². The molecule has 0 saturated carbocycles. The number of carbonyl (C=O) groups excluding carboxylic acids is 2. The van der Waals surface area contributed by atoms with Crippen LogP contribution in [-0.4, -0.2) is 27.8 Å². The molecule has 2 amide bonds. The molecule has 0 saturated heterocycles. The third-order valence-electron chi connectivity index (χ3n) is 4.29. The Morgan fingerprint density at radius 2 is 1.56 bits per heavy atom. The number of non-ortho nitro benzene ring substituents is 1. The van der Waals surface area contributed by atoms with Gasteiger partial charge in [0.1, 0.15) is 5.70 Å². The molecule has 9 nitrogen and oxygen atoms in total. The average molecular weight is 431 g/mol. The van der Waals surface area contributed by atoms with Crippen LogP contribution in [0.15, 0.2) is 84.6 Å². The summed E-state index contributed by atoms with van der Waals surface area (Å²) in [5.41, 5.74) is 0.436. The van der Waals surface area contributed by atoms with Crippen molar-refractivity contribution in [3.05, 3.63) is 111 Å². The number of carboxylic acid groups (broad SMARTS) is 1. The number of aromatic carboxylic acids is 1. The van der Waals surface area contributed by atoms with E-state index in [1.807, 2.05) is 0 Å². The van der Waals surface area contributed by atoms with Crippen molar-refractivity contribution >= 4 is 35.2 Å². The lowest BCUT2D eigenvalue weighted by molar-refractivity contribution is -0.384. The van der Waals surface area contributed by atoms with Crippen LogP contribution >= 0.6 is 0 Å². The summed E-state index contributed by atoms with van der Waals surface area (Å²) < 4.78 is 0. The second-order valence-corrected chi connectivity index (χ2v) is 6.57. The van der Waals surface area contributed by atoms with Gasteiger partial charge in [0.25, 0.3) is 17.5 Å². The van der Waals surface area contributed by atoms with Crippen molar-refractivity contribution in [2.45, 2.75) is 0 Å². The third kappa shape index (κ3) is 5.63. The highest BCUT2D eigenvalue weighted by atomic mass is 16.6. The quantitative estimate of drug-likeness (QED) is 0.296. The minimum absolute atomic E-state index is 0.0275. The monoisotopic (exact) mass is 431 g/mol. The van der Waals surface area contributed by atoms with Gasteiger partial charge in [-0.1, -0.05) is 36.4 Å². The summed E-state index contributed by atoms with van der Waals surface area (Å²) in [7, 11) is 0. The molecular weight excluding hydrogens is 414 g/mol. The molecule has 0 radical (unpaired) electrons. The maximum Gasteiger partial charge on any atom is 0.335 e. The molecule has 0 spiro atoms. The topological polar surface area (TPSA) is 139 Å². The van der Waals surface area contributed by atoms with E-state index >= 15 is 0 Å². The molecule has 0 atom stereocenters. The number of carboxylic acids is 1. The van der Waals surface area contributed by atoms with Crippen LogP contribution in [0.3, 0.4) is 0 Å². The zero-order valence-electron chi connectivity index (χ0n) is 16.5. The molecule has 3 N–H and O–H groups in total. The van der Waals surface area contributed by atoms with Crippen molar-refractivity contribution < 1.29 is 24.4 Å². The standard InChI is InChI=1S/C23H17N3O6/c27-21(16-7-2-1-3-8-16)25-20(13-15-6-4-11-19(12-15)26(31)32)22(28)24-18-10-5-9-17(14-18)23(29)30/h1-14H,(H,24,28)(H,25,27)(H,29,30)/b20-13-. The molecule has 0 aromatic heterocycles. The van der Waals surface area contributed by atoms with E-state index in [-0.39, 0.29) is 22.6 Å². The van der Waals surface area contributed by atoms with Crippen LogP contribution in [0.25, 0.3) is 6.08 Å². The molecule has 3 rings (SSSR count). The lowest BCUT2D eigenvalue weighted by Gasteiger charge is -2.12. The van der Waals surface area contributed by atoms with Crippen molar-refractivity contribution in [1.29, 1.82) is 0 Å². The first kappa shape index (κ1) is 21.9. The van der Waals surface area contributed by atoms with Gasteiger partial charge in [0.2, 0.25) is 0 Å². The van der Waals surface area contributed by atoms with Crippen LogP contribution in [0.4, 0.5) is 11.4 Å². The lowest BCUT2D eigenvalue weighted by Crippen LogP contribution is -2.30. The fourth-order valence-electron chi connectivity index (χ4n) is 2.77. The smallest absolute Gasteiger partial charge is 0.335 e. The number of hydrogen-bond acceptors (Lipinski definition) is 5. The van der Waals surface area contributed by atoms with Crippen molar-refractivity contribution in [1.82, 2.24) is 5.32 Å². The van der Waals surface area contributed by atoms with Gasteiger partial charge >= 0.3 is 5.97 Å². The van der Waals surface area contributed by atoms with Crippen LogP contribution in [0.5, 0.6) is 0 Å². The van der Waals surface area contributed by atoms with Crippen LogP contribution in [0.1, 0.15) is 26.3 Å². The van der Waals surface area contributed by atoms with Crippen LogP contribution in [0.2, 0.25) is 0 Å². The van der Waals surface area contributed by atoms with E-state index in [2.05, 4.69) is 10.6 Å². The molecule has 0 aliphatic heterocycles. The first-order valence-corrected chi connectivity index (χ1v) is 9.31. The molecule has 3 aromatic rings. The Bertz CT molecular complexity index is 1220. The maximum atomic E-state index is 12.9. The zero-order valence-corrected chi connectivity index (χ0v) is 16.5. The van der Waals surface area contributed by atoms with Gasteiger partial charge in [0.05, 0.1) is 10.5 Å². The first-order chi connectivity index (χ1) is 15.3. The van der Waals surface area contributed by atoms with Gasteiger partial charge < -0.3 is 15.7 Å². The molecule has 9 heteroatoms. The fourth-order valence-corrected chi connectivity index (χ4v) is 2.77. The molecule has 0 unspecified atom stereocenters. The third-order valence-corrected chi connectivity index (χ3v) is 4.29. The lowest BCUT2D eigenvalue weighted by atomic mass is 10.1. The molecule has 32 heavy (non-hydrogen) atoms. The van der Waals surface area contributed by atoms with Gasteiger partial charge in [-0.15, -0.1) is 0 Å². The van der Waals surface area contributed by atoms with Gasteiger partial charge in [-0.25, -0.2) is 4.79 Å². The van der Waals surface area contributed by atoms with E-state index in [9.17, 15) is 24.5 Å². The van der Waals surface area contributed by atoms with E-state index < -0.39 is 22.7 Å². The minimum Gasteiger partial charge on any atom is -0.478 e. The summed E-state index contributed by atoms with van der Waals surface area (Å²) >= 11 is 0. The Morgan fingerprint density at radius 3 is 2.25 bits per heavy atom. The van der Waals surface area contributed by atoms with Gasteiger partial charge in [-0.05, 0) is 42.0 Å². The van der Waals surface area contributed by atoms with Crippen molar-refractivity contribution in [2.75, 3.05) is 5.32 Å². The van der Waals surface area contributed by atoms with E-state index in [4.69, 9.17) is 5.11 Å². The average Bonchev–Trinajstić information content (AvgIpc) is 2.79. The highest BCUT2D eigenvalue weighted by Crippen LogP contribution is 2.17. The second kappa shape index (κ2) is 9.81. The summed E-state index contributed by atoms with van der Waals surface area (Å²) in [6.45, 7) is 0. The number of nitro groups is 1. The number of nitro benzene ring substituents is 1. The molecular formula is C23H17N3O6. The van der Waals surface area contributed by atoms with Crippen LogP contribution < -0.4 is 10.6 Å². The normalized spacial score (nSPS) is 10.8. The second-order valence-electron chi connectivity index (χ2n) is 6.57. The molecule has 0 aliphatic carbocycles. The number of amides is 2. The predicted molar refractivity (Wildman–Crippen MR) is 117 cm³/mol. The molecule has 0 aliphatic rings. The Kier molecular flexibility index (Phi) is 6.72. The van der Waals surface area contributed by atoms with Crippen LogP contribution in [-0.2, 0) is 4.79 Å². The Hall–Kier alpha value is -4.79. The number of nitrogens with zero attached hydrogens (tertiary/aromatic N) is 1. The largest absolute Gasteiger partial charge is 0.478 e. The molecule has 3 aromatic carbocycles. The SMILES string of the molecule is O=C(Nc1cccc(C(=O)O)c1)/C(=C/c1cccc([N+](=O)[O-])c1)NC(=O)c1ccccc1. The van der Waals surface area contributed by atoms with Gasteiger partial charge in [0, 0.05) is 23.4 Å². The molecule has 0 heterocycles. The highest BCUT2D eigenvalue weighted by Gasteiger charge is 2.16. The Labute approximate surface area is 182 Å². The summed E-state index contributed by atoms with van der Waals surface area (Å²) in [6.07, 6.45) is 1.30. The van der Waals surface area contributed by atoms with E-state index in [0.717, 1.165) is 0 Å². The summed E-state index contributed by atoms with van der Waals surface area (Å²) in [4.78, 5) is 47.2. The molecule has 160 valence electrons. The van der Waals surface area contributed by atoms with Gasteiger partial charge in [-0.3, -0.25) is 19.7 Å². The summed E-state index contributed by atoms with van der Waals surface area (Å²) in [5, 5.41) is 25.2. The number of nitrogens with one attached hydrogen (secondary N) is 2. The Morgan fingerprint density at radius 1 is 0.875 bits per heavy atom. The summed E-state index contributed by atoms with van der Waals surface area (Å²) in [6, 6.07) is 19.3. The van der Waals surface area contributed by atoms with Crippen molar-refractivity contribution in [2.24, 2.45) is 0 Å². The summed E-state index contributed by atoms with van der Waals surface area (Å²) in [5.74, 6) is -2.45. The number of anilines is 1. The zero-order chi connectivity index (χ0) is 23.1. The maximum absolute atomic E-state index is 12.9. The molecule has 0 bridgehead atoms. The fraction of sp³-hybridized carbons (Fsp3) is 0. The van der Waals surface area contributed by atoms with Crippen molar-refractivity contribution in [3.63, 3.8) is 0 Å². The van der Waals surface area contributed by atoms with Gasteiger partial charge in [-0.2, -0.15) is 0 Å². The van der Waals surface area contributed by atoms with E-state index in [1.54, 1.807) is 36.4 Å². The predicted octanol–water partition coefficient (Wildman–Crippen LogP) is 3.70. The van der Waals surface area contributed by atoms with E-state index in [0.29, 0.717) is 11.1 Å². The number of rotatable bonds is 7. The Balaban J connectivity index is 1.94. The van der Waals surface area contributed by atoms with Crippen LogP contribution in [0, 0.1) is 10.1 Å². The van der Waals surface area contributed by atoms with Crippen molar-refractivity contribution in [3.8, 4) is 0 Å². The number of hydrogen-bond donors (Lipinski definition) is 3. The highest BCUT2D eigenvalue weighted by molar-refractivity contribution is 6.11. The van der Waals surface area contributed by atoms with Gasteiger partial charge in [0.15, 0.2) is 0 Å². The minimum atomic E-state index is -1.16. The number of carbonyl (C=O) groups is 3. The first-order valence-electron chi connectivity index (χ1n) is 9.31. The molecule has 0 fully saturated rings. The number of benzene rings is 3.